The van der Waals surface area contributed by atoms with Gasteiger partial charge in [-0.15, -0.1) is 11.6 Å². The molecular formula is C25H32ClFO6. The SMILES string of the molecule is C[C@H]1C[C@H]2[C@@H]3C[C@H](F)C4=CC(O)=C(O)C(=O)[C@]4(C)[C@H]3CC[C@]2(C)[C@@]1(CCC(=O)O)C(=O)CCl. The van der Waals surface area contributed by atoms with E-state index in [1.54, 1.807) is 6.92 Å². The smallest absolute Gasteiger partial charge is 0.303 e. The predicted octanol–water partition coefficient (Wildman–Crippen LogP) is 4.92. The van der Waals surface area contributed by atoms with Crippen molar-refractivity contribution in [3.05, 3.63) is 23.2 Å². The number of aliphatic hydroxyl groups is 2. The summed E-state index contributed by atoms with van der Waals surface area (Å²) in [5.41, 5.74) is -2.52. The number of aliphatic carboxylic acids is 1. The van der Waals surface area contributed by atoms with Crippen molar-refractivity contribution >= 4 is 29.1 Å². The van der Waals surface area contributed by atoms with Crippen LogP contribution in [0.2, 0.25) is 0 Å². The van der Waals surface area contributed by atoms with Gasteiger partial charge in [0.05, 0.1) is 11.3 Å². The minimum Gasteiger partial charge on any atom is -0.504 e. The molecule has 3 N–H and O–H groups in total. The molecule has 3 fully saturated rings. The Balaban J connectivity index is 1.79. The number of halogens is 2. The number of fused-ring (bicyclic) bond motifs is 5. The Hall–Kier alpha value is -1.89. The zero-order chi connectivity index (χ0) is 24.5. The van der Waals surface area contributed by atoms with Crippen LogP contribution in [0.4, 0.5) is 4.39 Å². The highest BCUT2D eigenvalue weighted by Gasteiger charge is 2.70. The Kier molecular flexibility index (Phi) is 5.75. The maximum Gasteiger partial charge on any atom is 0.303 e. The van der Waals surface area contributed by atoms with Crippen LogP contribution in [0, 0.1) is 39.9 Å². The minimum absolute atomic E-state index is 0.0849. The monoisotopic (exact) mass is 482 g/mol. The highest BCUT2D eigenvalue weighted by Crippen LogP contribution is 2.72. The molecule has 3 saturated carbocycles. The number of rotatable bonds is 5. The number of carboxylic acids is 1. The lowest BCUT2D eigenvalue weighted by Crippen LogP contribution is -2.58. The van der Waals surface area contributed by atoms with Crippen LogP contribution in [0.25, 0.3) is 0 Å². The number of hydrogen-bond donors (Lipinski definition) is 3. The van der Waals surface area contributed by atoms with E-state index < -0.39 is 45.7 Å². The molecule has 4 rings (SSSR count). The lowest BCUT2D eigenvalue weighted by molar-refractivity contribution is -0.152. The van der Waals surface area contributed by atoms with Crippen LogP contribution < -0.4 is 0 Å². The molecule has 8 heteroatoms. The van der Waals surface area contributed by atoms with Crippen molar-refractivity contribution < 1.29 is 34.1 Å². The number of alkyl halides is 2. The van der Waals surface area contributed by atoms with Crippen molar-refractivity contribution in [1.29, 1.82) is 0 Å². The van der Waals surface area contributed by atoms with Gasteiger partial charge < -0.3 is 15.3 Å². The van der Waals surface area contributed by atoms with Crippen molar-refractivity contribution in [3.63, 3.8) is 0 Å². The molecule has 0 aromatic rings. The molecule has 0 bridgehead atoms. The van der Waals surface area contributed by atoms with Crippen LogP contribution in [0.1, 0.15) is 59.3 Å². The van der Waals surface area contributed by atoms with Gasteiger partial charge in [0.2, 0.25) is 11.5 Å². The molecule has 182 valence electrons. The molecule has 0 saturated heterocycles. The molecule has 4 aliphatic carbocycles. The third kappa shape index (κ3) is 3.00. The fourth-order valence-corrected chi connectivity index (χ4v) is 8.74. The van der Waals surface area contributed by atoms with Gasteiger partial charge >= 0.3 is 5.97 Å². The van der Waals surface area contributed by atoms with Gasteiger partial charge in [-0.1, -0.05) is 13.8 Å². The maximum atomic E-state index is 15.6. The number of aliphatic hydroxyl groups excluding tert-OH is 2. The van der Waals surface area contributed by atoms with E-state index in [1.807, 2.05) is 13.8 Å². The first kappa shape index (κ1) is 24.2. The molecule has 0 aromatic heterocycles. The van der Waals surface area contributed by atoms with Crippen molar-refractivity contribution in [2.75, 3.05) is 5.88 Å². The predicted molar refractivity (Wildman–Crippen MR) is 120 cm³/mol. The molecule has 0 spiro atoms. The lowest BCUT2D eigenvalue weighted by atomic mass is 9.44. The van der Waals surface area contributed by atoms with Crippen LogP contribution in [-0.2, 0) is 14.4 Å². The van der Waals surface area contributed by atoms with Gasteiger partial charge in [-0.3, -0.25) is 14.4 Å². The third-order valence-electron chi connectivity index (χ3n) is 10.0. The minimum atomic E-state index is -1.45. The highest BCUT2D eigenvalue weighted by atomic mass is 35.5. The van der Waals surface area contributed by atoms with E-state index in [0.717, 1.165) is 0 Å². The molecule has 0 heterocycles. The van der Waals surface area contributed by atoms with Crippen molar-refractivity contribution in [2.24, 2.45) is 39.9 Å². The van der Waals surface area contributed by atoms with E-state index in [4.69, 9.17) is 11.6 Å². The zero-order valence-corrected chi connectivity index (χ0v) is 20.0. The van der Waals surface area contributed by atoms with Gasteiger partial charge in [-0.05, 0) is 79.8 Å². The van der Waals surface area contributed by atoms with E-state index >= 15 is 4.39 Å². The van der Waals surface area contributed by atoms with E-state index in [0.29, 0.717) is 19.3 Å². The van der Waals surface area contributed by atoms with Gasteiger partial charge in [-0.25, -0.2) is 4.39 Å². The van der Waals surface area contributed by atoms with Crippen LogP contribution in [0.15, 0.2) is 23.2 Å². The Morgan fingerprint density at radius 1 is 1.21 bits per heavy atom. The van der Waals surface area contributed by atoms with Crippen LogP contribution in [0.3, 0.4) is 0 Å². The average molecular weight is 483 g/mol. The summed E-state index contributed by atoms with van der Waals surface area (Å²) in [5.74, 6) is -3.97. The number of carbonyl (C=O) groups excluding carboxylic acids is 2. The normalized spacial score (nSPS) is 44.6. The van der Waals surface area contributed by atoms with E-state index in [2.05, 4.69) is 0 Å². The third-order valence-corrected chi connectivity index (χ3v) is 10.3. The summed E-state index contributed by atoms with van der Waals surface area (Å²) in [6.07, 6.45) is 1.72. The molecule has 6 nitrogen and oxygen atoms in total. The topological polar surface area (TPSA) is 112 Å². The second kappa shape index (κ2) is 7.82. The number of Topliss-reactive ketones (excluding diaryl/α,β-unsaturated/α-hetero) is 2. The number of carbonyl (C=O) groups is 3. The molecule has 4 aliphatic rings. The Labute approximate surface area is 197 Å². The van der Waals surface area contributed by atoms with Gasteiger partial charge in [0.25, 0.3) is 0 Å². The maximum absolute atomic E-state index is 15.6. The summed E-state index contributed by atoms with van der Waals surface area (Å²) in [5, 5.41) is 29.6. The number of hydrogen-bond acceptors (Lipinski definition) is 5. The Morgan fingerprint density at radius 2 is 1.88 bits per heavy atom. The summed E-state index contributed by atoms with van der Waals surface area (Å²) in [7, 11) is 0. The summed E-state index contributed by atoms with van der Waals surface area (Å²) < 4.78 is 15.6. The van der Waals surface area contributed by atoms with Crippen molar-refractivity contribution in [1.82, 2.24) is 0 Å². The molecule has 0 radical (unpaired) electrons. The number of ketones is 2. The number of carboxylic acid groups (broad SMARTS) is 1. The van der Waals surface area contributed by atoms with Gasteiger partial charge in [0.15, 0.2) is 11.5 Å². The van der Waals surface area contributed by atoms with Gasteiger partial charge in [0.1, 0.15) is 6.17 Å². The second-order valence-electron chi connectivity index (χ2n) is 11.0. The highest BCUT2D eigenvalue weighted by molar-refractivity contribution is 6.28. The quantitative estimate of drug-likeness (QED) is 0.479. The fraction of sp³-hybridized carbons (Fsp3) is 0.720. The summed E-state index contributed by atoms with van der Waals surface area (Å²) in [4.78, 5) is 38.0. The molecule has 0 unspecified atom stereocenters. The Morgan fingerprint density at radius 3 is 2.48 bits per heavy atom. The standard InChI is InChI=1S/C25H32ClFO6/c1-12-8-15-13-9-17(27)16-10-18(28)21(32)22(33)24(16,3)14(13)4-6-23(15,2)25(12,19(29)11-26)7-5-20(30)31/h10,12-15,17,28,32H,4-9,11H2,1-3H3,(H,30,31)/t12-,13+,14-,15-,17-,23-,24+,25+/m0/s1. The number of allylic oxidation sites excluding steroid dienone is 3. The first-order chi connectivity index (χ1) is 15.4. The summed E-state index contributed by atoms with van der Waals surface area (Å²) in [6, 6.07) is 0. The molecule has 0 aromatic carbocycles. The first-order valence-corrected chi connectivity index (χ1v) is 12.2. The Bertz CT molecular complexity index is 974. The molecule has 8 atom stereocenters. The molecule has 0 aliphatic heterocycles. The van der Waals surface area contributed by atoms with E-state index in [1.165, 1.54) is 6.08 Å². The summed E-state index contributed by atoms with van der Waals surface area (Å²) in [6.45, 7) is 5.65. The average Bonchev–Trinajstić information content (AvgIpc) is 2.99. The van der Waals surface area contributed by atoms with Gasteiger partial charge in [-0.2, -0.15) is 0 Å². The van der Waals surface area contributed by atoms with Crippen molar-refractivity contribution in [2.45, 2.75) is 65.5 Å². The molecule has 33 heavy (non-hydrogen) atoms. The van der Waals surface area contributed by atoms with Gasteiger partial charge in [0, 0.05) is 11.8 Å². The first-order valence-electron chi connectivity index (χ1n) is 11.7. The molecular weight excluding hydrogens is 451 g/mol. The lowest BCUT2D eigenvalue weighted by Gasteiger charge is -2.59. The van der Waals surface area contributed by atoms with Crippen LogP contribution >= 0.6 is 11.6 Å². The second-order valence-corrected chi connectivity index (χ2v) is 11.2. The summed E-state index contributed by atoms with van der Waals surface area (Å²) >= 11 is 6.05. The van der Waals surface area contributed by atoms with E-state index in [9.17, 15) is 29.7 Å². The fourth-order valence-electron chi connectivity index (χ4n) is 8.50. The molecule has 0 amide bonds. The largest absolute Gasteiger partial charge is 0.504 e. The van der Waals surface area contributed by atoms with E-state index in [-0.39, 0.29) is 60.2 Å². The zero-order valence-electron chi connectivity index (χ0n) is 19.2. The van der Waals surface area contributed by atoms with Crippen LogP contribution in [0.5, 0.6) is 0 Å². The van der Waals surface area contributed by atoms with Crippen molar-refractivity contribution in [3.8, 4) is 0 Å². The van der Waals surface area contributed by atoms with Crippen LogP contribution in [-0.4, -0.2) is 44.9 Å².